The van der Waals surface area contributed by atoms with Crippen molar-refractivity contribution in [2.24, 2.45) is 5.41 Å². The van der Waals surface area contributed by atoms with Crippen molar-refractivity contribution >= 4 is 11.5 Å². The summed E-state index contributed by atoms with van der Waals surface area (Å²) in [6.07, 6.45) is 3.39. The molecule has 23 heavy (non-hydrogen) atoms. The van der Waals surface area contributed by atoms with E-state index in [0.29, 0.717) is 5.65 Å². The van der Waals surface area contributed by atoms with Gasteiger partial charge in [-0.3, -0.25) is 0 Å². The molecule has 0 bridgehead atoms. The quantitative estimate of drug-likeness (QED) is 0.737. The first-order valence-electron chi connectivity index (χ1n) is 8.01. The van der Waals surface area contributed by atoms with Crippen LogP contribution >= 0.6 is 0 Å². The average molecular weight is 308 g/mol. The van der Waals surface area contributed by atoms with Gasteiger partial charge in [0, 0.05) is 0 Å². The Labute approximate surface area is 134 Å². The number of hydrogen-bond acceptors (Lipinski definition) is 5. The van der Waals surface area contributed by atoms with Crippen LogP contribution in [0.3, 0.4) is 0 Å². The number of benzene rings is 1. The molecular formula is C17H20N6. The number of hydrogen-bond donors (Lipinski definition) is 1. The van der Waals surface area contributed by atoms with Crippen molar-refractivity contribution in [1.82, 2.24) is 25.3 Å². The number of nitrogens with zero attached hydrogens (tertiary/aromatic N) is 5. The van der Waals surface area contributed by atoms with Gasteiger partial charge < -0.3 is 5.32 Å². The smallest absolute Gasteiger partial charge is 0.200 e. The zero-order chi connectivity index (χ0) is 15.9. The molecule has 1 aliphatic carbocycles. The number of tetrazole rings is 1. The fourth-order valence-electron chi connectivity index (χ4n) is 3.37. The highest BCUT2D eigenvalue weighted by Crippen LogP contribution is 2.40. The van der Waals surface area contributed by atoms with Gasteiger partial charge in [-0.1, -0.05) is 38.1 Å². The lowest BCUT2D eigenvalue weighted by atomic mass is 9.83. The Balaban J connectivity index is 1.70. The highest BCUT2D eigenvalue weighted by Gasteiger charge is 2.29. The molecule has 0 aliphatic heterocycles. The molecule has 0 saturated carbocycles. The lowest BCUT2D eigenvalue weighted by molar-refractivity contribution is 0.300. The van der Waals surface area contributed by atoms with E-state index in [-0.39, 0.29) is 11.5 Å². The SMILES string of the molecule is CC1(C)CCc2ccccc2C(Nc2ccc3nnnn3n2)C1. The van der Waals surface area contributed by atoms with Gasteiger partial charge in [-0.15, -0.1) is 14.8 Å². The lowest BCUT2D eigenvalue weighted by Crippen LogP contribution is -2.20. The van der Waals surface area contributed by atoms with Crippen molar-refractivity contribution in [2.45, 2.75) is 39.2 Å². The van der Waals surface area contributed by atoms with Crippen LogP contribution in [0.1, 0.15) is 43.9 Å². The van der Waals surface area contributed by atoms with Crippen LogP contribution in [0.5, 0.6) is 0 Å². The van der Waals surface area contributed by atoms with Gasteiger partial charge in [-0.25, -0.2) is 0 Å². The maximum Gasteiger partial charge on any atom is 0.200 e. The number of aryl methyl sites for hydroxylation is 1. The minimum absolute atomic E-state index is 0.241. The number of rotatable bonds is 2. The molecule has 0 amide bonds. The molecule has 1 atom stereocenters. The van der Waals surface area contributed by atoms with E-state index in [0.717, 1.165) is 18.7 Å². The van der Waals surface area contributed by atoms with Crippen LogP contribution in [-0.2, 0) is 6.42 Å². The molecule has 0 radical (unpaired) electrons. The van der Waals surface area contributed by atoms with Crippen LogP contribution in [0, 0.1) is 5.41 Å². The van der Waals surface area contributed by atoms with Crippen molar-refractivity contribution in [3.8, 4) is 0 Å². The minimum atomic E-state index is 0.241. The zero-order valence-corrected chi connectivity index (χ0v) is 13.4. The second kappa shape index (κ2) is 5.30. The van der Waals surface area contributed by atoms with Crippen molar-refractivity contribution in [3.05, 3.63) is 47.5 Å². The summed E-state index contributed by atoms with van der Waals surface area (Å²) in [6, 6.07) is 12.8. The van der Waals surface area contributed by atoms with Crippen LogP contribution in [0.2, 0.25) is 0 Å². The number of fused-ring (bicyclic) bond motifs is 2. The molecule has 4 rings (SSSR count). The van der Waals surface area contributed by atoms with E-state index in [9.17, 15) is 0 Å². The molecular weight excluding hydrogens is 288 g/mol. The highest BCUT2D eigenvalue weighted by molar-refractivity contribution is 5.45. The van der Waals surface area contributed by atoms with Gasteiger partial charge in [0.05, 0.1) is 6.04 Å². The van der Waals surface area contributed by atoms with Crippen LogP contribution in [0.15, 0.2) is 36.4 Å². The summed E-state index contributed by atoms with van der Waals surface area (Å²) in [5, 5.41) is 19.4. The van der Waals surface area contributed by atoms with Crippen LogP contribution in [-0.4, -0.2) is 25.3 Å². The predicted octanol–water partition coefficient (Wildman–Crippen LogP) is 3.04. The molecule has 6 nitrogen and oxygen atoms in total. The first-order chi connectivity index (χ1) is 11.1. The summed E-state index contributed by atoms with van der Waals surface area (Å²) in [6.45, 7) is 4.68. The third kappa shape index (κ3) is 2.76. The Bertz CT molecular complexity index is 838. The van der Waals surface area contributed by atoms with Crippen LogP contribution in [0.25, 0.3) is 5.65 Å². The topological polar surface area (TPSA) is 68.0 Å². The monoisotopic (exact) mass is 308 g/mol. The first kappa shape index (κ1) is 14.1. The largest absolute Gasteiger partial charge is 0.362 e. The molecule has 2 heterocycles. The van der Waals surface area contributed by atoms with Crippen LogP contribution in [0.4, 0.5) is 5.82 Å². The van der Waals surface area contributed by atoms with Gasteiger partial charge in [0.15, 0.2) is 5.65 Å². The second-order valence-corrected chi connectivity index (χ2v) is 7.01. The van der Waals surface area contributed by atoms with Crippen molar-refractivity contribution in [3.63, 3.8) is 0 Å². The maximum atomic E-state index is 4.45. The van der Waals surface area contributed by atoms with E-state index in [1.54, 1.807) is 0 Å². The van der Waals surface area contributed by atoms with Gasteiger partial charge in [-0.05, 0) is 58.4 Å². The molecule has 1 unspecified atom stereocenters. The third-order valence-electron chi connectivity index (χ3n) is 4.65. The first-order valence-corrected chi connectivity index (χ1v) is 8.01. The Hall–Kier alpha value is -2.50. The number of nitrogens with one attached hydrogen (secondary N) is 1. The molecule has 1 N–H and O–H groups in total. The van der Waals surface area contributed by atoms with Crippen molar-refractivity contribution < 1.29 is 0 Å². The minimum Gasteiger partial charge on any atom is -0.362 e. The fraction of sp³-hybridized carbons (Fsp3) is 0.412. The molecule has 0 fully saturated rings. The van der Waals surface area contributed by atoms with Crippen molar-refractivity contribution in [1.29, 1.82) is 0 Å². The maximum absolute atomic E-state index is 4.45. The molecule has 1 aliphatic rings. The van der Waals surface area contributed by atoms with Gasteiger partial charge in [0.1, 0.15) is 5.82 Å². The third-order valence-corrected chi connectivity index (χ3v) is 4.65. The molecule has 3 aromatic rings. The van der Waals surface area contributed by atoms with E-state index in [4.69, 9.17) is 0 Å². The van der Waals surface area contributed by atoms with E-state index < -0.39 is 0 Å². The lowest BCUT2D eigenvalue weighted by Gasteiger charge is -2.28. The summed E-state index contributed by atoms with van der Waals surface area (Å²) < 4.78 is 1.45. The Morgan fingerprint density at radius 2 is 2.04 bits per heavy atom. The Morgan fingerprint density at radius 1 is 1.17 bits per heavy atom. The van der Waals surface area contributed by atoms with E-state index >= 15 is 0 Å². The molecule has 2 aromatic heterocycles. The van der Waals surface area contributed by atoms with E-state index in [1.165, 1.54) is 22.2 Å². The summed E-state index contributed by atoms with van der Waals surface area (Å²) in [4.78, 5) is 0. The van der Waals surface area contributed by atoms with Crippen molar-refractivity contribution in [2.75, 3.05) is 5.32 Å². The van der Waals surface area contributed by atoms with E-state index in [1.807, 2.05) is 12.1 Å². The summed E-state index contributed by atoms with van der Waals surface area (Å²) in [5.41, 5.74) is 3.74. The van der Waals surface area contributed by atoms with Gasteiger partial charge in [0.2, 0.25) is 0 Å². The molecule has 0 saturated heterocycles. The second-order valence-electron chi connectivity index (χ2n) is 7.01. The predicted molar refractivity (Wildman–Crippen MR) is 88.1 cm³/mol. The van der Waals surface area contributed by atoms with Gasteiger partial charge >= 0.3 is 0 Å². The summed E-state index contributed by atoms with van der Waals surface area (Å²) >= 11 is 0. The van der Waals surface area contributed by atoms with Gasteiger partial charge in [0.25, 0.3) is 0 Å². The zero-order valence-electron chi connectivity index (χ0n) is 13.4. The highest BCUT2D eigenvalue weighted by atomic mass is 15.6. The standard InChI is InChI=1S/C17H20N6/c1-17(2)10-9-12-5-3-4-6-13(12)14(11-17)18-15-7-8-16-19-21-22-23(16)20-15/h3-8,14H,9-11H2,1-2H3,(H,18,20). The number of aromatic nitrogens is 5. The Kier molecular flexibility index (Phi) is 3.25. The summed E-state index contributed by atoms with van der Waals surface area (Å²) in [7, 11) is 0. The average Bonchev–Trinajstić information content (AvgIpc) is 2.95. The summed E-state index contributed by atoms with van der Waals surface area (Å²) in [5.74, 6) is 0.794. The fourth-order valence-corrected chi connectivity index (χ4v) is 3.37. The Morgan fingerprint density at radius 3 is 2.96 bits per heavy atom. The number of anilines is 1. The molecule has 6 heteroatoms. The van der Waals surface area contributed by atoms with Gasteiger partial charge in [-0.2, -0.15) is 0 Å². The normalized spacial score (nSPS) is 20.0. The van der Waals surface area contributed by atoms with Crippen LogP contribution < -0.4 is 5.32 Å². The van der Waals surface area contributed by atoms with E-state index in [2.05, 4.69) is 64.1 Å². The molecule has 1 aromatic carbocycles. The molecule has 0 spiro atoms. The molecule has 118 valence electrons.